The average Bonchev–Trinajstić information content (AvgIpc) is 2.42. The quantitative estimate of drug-likeness (QED) is 0.810. The predicted octanol–water partition coefficient (Wildman–Crippen LogP) is 0.893. The fourth-order valence-corrected chi connectivity index (χ4v) is 1.87. The van der Waals surface area contributed by atoms with Crippen LogP contribution in [0.4, 0.5) is 5.69 Å². The number of rotatable bonds is 4. The minimum absolute atomic E-state index is 0.0408. The lowest BCUT2D eigenvalue weighted by atomic mass is 10.2. The molecule has 0 fully saturated rings. The monoisotopic (exact) mass is 274 g/mol. The van der Waals surface area contributed by atoms with E-state index in [4.69, 9.17) is 5.73 Å². The third-order valence-corrected chi connectivity index (χ3v) is 3.18. The molecule has 0 spiro atoms. The second kappa shape index (κ2) is 5.73. The van der Waals surface area contributed by atoms with Gasteiger partial charge in [-0.25, -0.2) is 4.98 Å². The second-order valence-corrected chi connectivity index (χ2v) is 4.83. The van der Waals surface area contributed by atoms with Crippen LogP contribution in [0.1, 0.15) is 20.3 Å². The number of nitrogen functional groups attached to an aromatic ring is 1. The molecule has 0 aliphatic heterocycles. The molecule has 1 atom stereocenters. The molecule has 2 aromatic rings. The zero-order chi connectivity index (χ0) is 14.7. The maximum atomic E-state index is 12.3. The summed E-state index contributed by atoms with van der Waals surface area (Å²) < 4.78 is 1.29. The van der Waals surface area contributed by atoms with E-state index in [2.05, 4.69) is 10.3 Å². The van der Waals surface area contributed by atoms with Gasteiger partial charge in [0.2, 0.25) is 5.91 Å². The Balaban J connectivity index is 2.29. The number of nitrogens with two attached hydrogens (primary N) is 1. The number of hydrogen-bond donors (Lipinski definition) is 2. The number of carbonyl (C=O) groups excluding carboxylic acids is 1. The number of nitrogens with one attached hydrogen (secondary N) is 1. The predicted molar refractivity (Wildman–Crippen MR) is 78.3 cm³/mol. The van der Waals surface area contributed by atoms with Crippen molar-refractivity contribution >= 4 is 22.5 Å². The first-order valence-electron chi connectivity index (χ1n) is 6.55. The molecule has 1 aromatic carbocycles. The summed E-state index contributed by atoms with van der Waals surface area (Å²) in [4.78, 5) is 28.2. The highest BCUT2D eigenvalue weighted by Gasteiger charge is 2.10. The molecule has 0 saturated carbocycles. The smallest absolute Gasteiger partial charge is 0.261 e. The van der Waals surface area contributed by atoms with Gasteiger partial charge >= 0.3 is 0 Å². The van der Waals surface area contributed by atoms with Crippen LogP contribution in [0.5, 0.6) is 0 Å². The van der Waals surface area contributed by atoms with Crippen molar-refractivity contribution in [3.63, 3.8) is 0 Å². The van der Waals surface area contributed by atoms with Gasteiger partial charge < -0.3 is 11.1 Å². The van der Waals surface area contributed by atoms with Crippen LogP contribution < -0.4 is 16.6 Å². The van der Waals surface area contributed by atoms with Crippen LogP contribution >= 0.6 is 0 Å². The fraction of sp³-hybridized carbons (Fsp3) is 0.357. The van der Waals surface area contributed by atoms with Gasteiger partial charge in [-0.05, 0) is 31.5 Å². The molecule has 2 rings (SSSR count). The van der Waals surface area contributed by atoms with Crippen molar-refractivity contribution in [3.8, 4) is 0 Å². The molecular weight excluding hydrogens is 256 g/mol. The molecule has 0 aliphatic carbocycles. The molecule has 0 radical (unpaired) electrons. The number of hydrogen-bond acceptors (Lipinski definition) is 4. The molecule has 0 bridgehead atoms. The number of nitrogens with zero attached hydrogens (tertiary/aromatic N) is 2. The van der Waals surface area contributed by atoms with Gasteiger partial charge in [-0.2, -0.15) is 0 Å². The summed E-state index contributed by atoms with van der Waals surface area (Å²) >= 11 is 0. The Kier molecular flexibility index (Phi) is 4.02. The van der Waals surface area contributed by atoms with Crippen LogP contribution in [0.2, 0.25) is 0 Å². The van der Waals surface area contributed by atoms with E-state index in [1.54, 1.807) is 18.2 Å². The first-order valence-corrected chi connectivity index (χ1v) is 6.55. The Morgan fingerprint density at radius 2 is 2.25 bits per heavy atom. The third kappa shape index (κ3) is 2.96. The largest absolute Gasteiger partial charge is 0.399 e. The molecule has 0 saturated heterocycles. The Bertz CT molecular complexity index is 693. The zero-order valence-corrected chi connectivity index (χ0v) is 11.6. The first kappa shape index (κ1) is 14.0. The van der Waals surface area contributed by atoms with Gasteiger partial charge in [0.25, 0.3) is 5.56 Å². The highest BCUT2D eigenvalue weighted by Crippen LogP contribution is 2.10. The molecule has 1 unspecified atom stereocenters. The normalized spacial score (nSPS) is 12.3. The molecular formula is C14H18N4O2. The minimum atomic E-state index is -0.262. The SMILES string of the molecule is CCC(C)NC(=O)Cn1cnc2ccc(N)cc2c1=O. The minimum Gasteiger partial charge on any atom is -0.399 e. The number of benzene rings is 1. The third-order valence-electron chi connectivity index (χ3n) is 3.18. The average molecular weight is 274 g/mol. The van der Waals surface area contributed by atoms with Crippen molar-refractivity contribution in [1.82, 2.24) is 14.9 Å². The van der Waals surface area contributed by atoms with Gasteiger partial charge in [0.05, 0.1) is 17.2 Å². The summed E-state index contributed by atoms with van der Waals surface area (Å²) in [5.74, 6) is -0.202. The van der Waals surface area contributed by atoms with Crippen LogP contribution in [0.15, 0.2) is 29.3 Å². The maximum absolute atomic E-state index is 12.3. The Hall–Kier alpha value is -2.37. The van der Waals surface area contributed by atoms with Crippen molar-refractivity contribution in [1.29, 1.82) is 0 Å². The highest BCUT2D eigenvalue weighted by atomic mass is 16.2. The molecule has 106 valence electrons. The summed E-state index contributed by atoms with van der Waals surface area (Å²) in [5.41, 5.74) is 6.48. The topological polar surface area (TPSA) is 90.0 Å². The Morgan fingerprint density at radius 3 is 2.95 bits per heavy atom. The van der Waals surface area contributed by atoms with Crippen molar-refractivity contribution < 1.29 is 4.79 Å². The van der Waals surface area contributed by atoms with E-state index in [0.29, 0.717) is 16.6 Å². The van der Waals surface area contributed by atoms with Gasteiger partial charge in [-0.15, -0.1) is 0 Å². The van der Waals surface area contributed by atoms with Gasteiger partial charge in [-0.3, -0.25) is 14.2 Å². The molecule has 1 amide bonds. The number of aromatic nitrogens is 2. The first-order chi connectivity index (χ1) is 9.51. The van der Waals surface area contributed by atoms with E-state index >= 15 is 0 Å². The molecule has 20 heavy (non-hydrogen) atoms. The van der Waals surface area contributed by atoms with Gasteiger partial charge in [0, 0.05) is 11.7 Å². The number of fused-ring (bicyclic) bond motifs is 1. The van der Waals surface area contributed by atoms with E-state index < -0.39 is 0 Å². The van der Waals surface area contributed by atoms with Crippen LogP contribution in [0, 0.1) is 0 Å². The van der Waals surface area contributed by atoms with Gasteiger partial charge in [0.15, 0.2) is 0 Å². The van der Waals surface area contributed by atoms with Gasteiger partial charge in [-0.1, -0.05) is 6.92 Å². The lowest BCUT2D eigenvalue weighted by molar-refractivity contribution is -0.122. The van der Waals surface area contributed by atoms with E-state index in [0.717, 1.165) is 6.42 Å². The lowest BCUT2D eigenvalue weighted by Crippen LogP contribution is -2.37. The molecule has 1 aromatic heterocycles. The van der Waals surface area contributed by atoms with Crippen molar-refractivity contribution in [2.24, 2.45) is 0 Å². The van der Waals surface area contributed by atoms with Crippen molar-refractivity contribution in [2.75, 3.05) is 5.73 Å². The van der Waals surface area contributed by atoms with Crippen LogP contribution in [0.3, 0.4) is 0 Å². The standard InChI is InChI=1S/C14H18N4O2/c1-3-9(2)17-13(19)7-18-8-16-12-5-4-10(15)6-11(12)14(18)20/h4-6,8-9H,3,7,15H2,1-2H3,(H,17,19). The molecule has 3 N–H and O–H groups in total. The zero-order valence-electron chi connectivity index (χ0n) is 11.6. The molecule has 6 nitrogen and oxygen atoms in total. The van der Waals surface area contributed by atoms with Gasteiger partial charge in [0.1, 0.15) is 6.54 Å². The Morgan fingerprint density at radius 1 is 1.50 bits per heavy atom. The molecule has 0 aliphatic rings. The van der Waals surface area contributed by atoms with Crippen LogP contribution in [-0.2, 0) is 11.3 Å². The molecule has 6 heteroatoms. The van der Waals surface area contributed by atoms with E-state index in [-0.39, 0.29) is 24.1 Å². The van der Waals surface area contributed by atoms with Crippen LogP contribution in [-0.4, -0.2) is 21.5 Å². The summed E-state index contributed by atoms with van der Waals surface area (Å²) in [5, 5.41) is 3.23. The summed E-state index contributed by atoms with van der Waals surface area (Å²) in [6, 6.07) is 5.04. The van der Waals surface area contributed by atoms with E-state index in [9.17, 15) is 9.59 Å². The summed E-state index contributed by atoms with van der Waals surface area (Å²) in [7, 11) is 0. The van der Waals surface area contributed by atoms with Crippen LogP contribution in [0.25, 0.3) is 10.9 Å². The van der Waals surface area contributed by atoms with E-state index in [1.165, 1.54) is 10.9 Å². The number of carbonyl (C=O) groups is 1. The second-order valence-electron chi connectivity index (χ2n) is 4.83. The Labute approximate surface area is 116 Å². The summed E-state index contributed by atoms with van der Waals surface area (Å²) in [6.45, 7) is 3.86. The fourth-order valence-electron chi connectivity index (χ4n) is 1.87. The molecule has 1 heterocycles. The van der Waals surface area contributed by atoms with E-state index in [1.807, 2.05) is 13.8 Å². The van der Waals surface area contributed by atoms with Crippen molar-refractivity contribution in [2.45, 2.75) is 32.9 Å². The lowest BCUT2D eigenvalue weighted by Gasteiger charge is -2.12. The maximum Gasteiger partial charge on any atom is 0.261 e. The summed E-state index contributed by atoms with van der Waals surface area (Å²) in [6.07, 6.45) is 2.23. The van der Waals surface area contributed by atoms with Crippen molar-refractivity contribution in [3.05, 3.63) is 34.9 Å². The number of anilines is 1. The number of amides is 1. The highest BCUT2D eigenvalue weighted by molar-refractivity contribution is 5.81.